The molecule has 0 bridgehead atoms. The molecule has 0 aromatic rings. The van der Waals surface area contributed by atoms with Crippen molar-refractivity contribution in [3.05, 3.63) is 0 Å². The van der Waals surface area contributed by atoms with E-state index in [4.69, 9.17) is 4.74 Å². The van der Waals surface area contributed by atoms with E-state index in [1.54, 1.807) is 0 Å². The first-order valence-electron chi connectivity index (χ1n) is 7.39. The summed E-state index contributed by atoms with van der Waals surface area (Å²) in [5, 5.41) is 2.81. The van der Waals surface area contributed by atoms with Crippen LogP contribution in [0.1, 0.15) is 47.0 Å². The summed E-state index contributed by atoms with van der Waals surface area (Å²) in [6, 6.07) is 0. The van der Waals surface area contributed by atoms with E-state index in [1.807, 2.05) is 27.8 Å². The molecule has 1 N–H and O–H groups in total. The molecule has 20 heavy (non-hydrogen) atoms. The highest BCUT2D eigenvalue weighted by Crippen LogP contribution is 2.12. The molecule has 0 spiro atoms. The molecule has 0 radical (unpaired) electrons. The Labute approximate surface area is 123 Å². The van der Waals surface area contributed by atoms with Gasteiger partial charge in [-0.05, 0) is 26.4 Å². The third kappa shape index (κ3) is 9.78. The van der Waals surface area contributed by atoms with E-state index in [0.29, 0.717) is 26.0 Å². The van der Waals surface area contributed by atoms with Gasteiger partial charge in [0, 0.05) is 24.9 Å². The summed E-state index contributed by atoms with van der Waals surface area (Å²) in [6.07, 6.45) is 1.83. The number of esters is 1. The molecular formula is C15H30N2O3. The summed E-state index contributed by atoms with van der Waals surface area (Å²) < 4.78 is 5.13. The molecule has 118 valence electrons. The van der Waals surface area contributed by atoms with Crippen molar-refractivity contribution in [1.82, 2.24) is 10.2 Å². The number of rotatable bonds is 9. The average Bonchev–Trinajstić information content (AvgIpc) is 2.37. The number of nitrogens with zero attached hydrogens (tertiary/aromatic N) is 1. The molecule has 0 atom stereocenters. The molecule has 0 rings (SSSR count). The summed E-state index contributed by atoms with van der Waals surface area (Å²) in [5.74, 6) is -0.178. The van der Waals surface area contributed by atoms with Crippen molar-refractivity contribution in [3.63, 3.8) is 0 Å². The zero-order valence-electron chi connectivity index (χ0n) is 13.6. The van der Waals surface area contributed by atoms with Gasteiger partial charge in [-0.3, -0.25) is 9.59 Å². The van der Waals surface area contributed by atoms with Crippen LogP contribution >= 0.6 is 0 Å². The lowest BCUT2D eigenvalue weighted by Crippen LogP contribution is -2.35. The fourth-order valence-corrected chi connectivity index (χ4v) is 1.45. The van der Waals surface area contributed by atoms with Crippen LogP contribution in [-0.2, 0) is 14.3 Å². The maximum atomic E-state index is 11.6. The van der Waals surface area contributed by atoms with Crippen LogP contribution in [-0.4, -0.2) is 50.1 Å². The first-order valence-corrected chi connectivity index (χ1v) is 7.39. The molecule has 0 saturated heterocycles. The van der Waals surface area contributed by atoms with Gasteiger partial charge in [-0.1, -0.05) is 27.7 Å². The second-order valence-electron chi connectivity index (χ2n) is 6.08. The first kappa shape index (κ1) is 18.9. The zero-order valence-corrected chi connectivity index (χ0v) is 13.6. The van der Waals surface area contributed by atoms with Crippen LogP contribution in [0.25, 0.3) is 0 Å². The van der Waals surface area contributed by atoms with E-state index in [0.717, 1.165) is 19.5 Å². The van der Waals surface area contributed by atoms with Crippen molar-refractivity contribution in [1.29, 1.82) is 0 Å². The predicted molar refractivity (Wildman–Crippen MR) is 80.4 cm³/mol. The van der Waals surface area contributed by atoms with E-state index < -0.39 is 0 Å². The van der Waals surface area contributed by atoms with E-state index in [2.05, 4.69) is 17.1 Å². The normalized spacial score (nSPS) is 11.5. The van der Waals surface area contributed by atoms with E-state index in [1.165, 1.54) is 0 Å². The summed E-state index contributed by atoms with van der Waals surface area (Å²) in [5.41, 5.74) is -0.383. The topological polar surface area (TPSA) is 58.6 Å². The minimum absolute atomic E-state index is 0.00784. The van der Waals surface area contributed by atoms with Crippen LogP contribution < -0.4 is 5.32 Å². The Morgan fingerprint density at radius 1 is 1.20 bits per heavy atom. The lowest BCUT2D eigenvalue weighted by Gasteiger charge is -2.17. The van der Waals surface area contributed by atoms with Crippen molar-refractivity contribution in [3.8, 4) is 0 Å². The Kier molecular flexibility index (Phi) is 9.21. The Balaban J connectivity index is 3.53. The maximum Gasteiger partial charge on any atom is 0.305 e. The van der Waals surface area contributed by atoms with E-state index in [9.17, 15) is 9.59 Å². The molecule has 0 aliphatic rings. The van der Waals surface area contributed by atoms with E-state index >= 15 is 0 Å². The lowest BCUT2D eigenvalue weighted by molar-refractivity contribution is -0.144. The largest absolute Gasteiger partial charge is 0.466 e. The SMILES string of the molecule is CCN(C)CCCOC(=O)CCCNC(=O)C(C)(C)C. The molecule has 0 heterocycles. The quantitative estimate of drug-likeness (QED) is 0.519. The fraction of sp³-hybridized carbons (Fsp3) is 0.867. The Bertz CT molecular complexity index is 298. The monoisotopic (exact) mass is 286 g/mol. The van der Waals surface area contributed by atoms with Gasteiger partial charge in [0.25, 0.3) is 0 Å². The highest BCUT2D eigenvalue weighted by Gasteiger charge is 2.20. The molecule has 0 fully saturated rings. The van der Waals surface area contributed by atoms with Gasteiger partial charge in [0.1, 0.15) is 0 Å². The van der Waals surface area contributed by atoms with Gasteiger partial charge in [0.15, 0.2) is 0 Å². The molecule has 0 aromatic heterocycles. The van der Waals surface area contributed by atoms with Crippen molar-refractivity contribution >= 4 is 11.9 Å². The molecule has 0 aromatic carbocycles. The van der Waals surface area contributed by atoms with Crippen LogP contribution in [0.15, 0.2) is 0 Å². The second kappa shape index (κ2) is 9.75. The molecule has 0 aliphatic carbocycles. The second-order valence-corrected chi connectivity index (χ2v) is 6.08. The molecule has 5 heteroatoms. The van der Waals surface area contributed by atoms with Crippen LogP contribution in [0.2, 0.25) is 0 Å². The average molecular weight is 286 g/mol. The molecule has 0 saturated carbocycles. The highest BCUT2D eigenvalue weighted by molar-refractivity contribution is 5.81. The van der Waals surface area contributed by atoms with Gasteiger partial charge in [0.2, 0.25) is 5.91 Å². The van der Waals surface area contributed by atoms with Crippen molar-refractivity contribution in [2.45, 2.75) is 47.0 Å². The number of hydrogen-bond donors (Lipinski definition) is 1. The number of hydrogen-bond acceptors (Lipinski definition) is 4. The minimum Gasteiger partial charge on any atom is -0.466 e. The Morgan fingerprint density at radius 3 is 2.40 bits per heavy atom. The number of nitrogens with one attached hydrogen (secondary N) is 1. The summed E-state index contributed by atoms with van der Waals surface area (Å²) in [6.45, 7) is 10.6. The van der Waals surface area contributed by atoms with Crippen molar-refractivity contribution in [2.75, 3.05) is 33.3 Å². The van der Waals surface area contributed by atoms with Crippen molar-refractivity contribution in [2.24, 2.45) is 5.41 Å². The van der Waals surface area contributed by atoms with Crippen LogP contribution in [0.3, 0.4) is 0 Å². The first-order chi connectivity index (χ1) is 9.27. The minimum atomic E-state index is -0.383. The molecular weight excluding hydrogens is 256 g/mol. The van der Waals surface area contributed by atoms with Gasteiger partial charge in [0.05, 0.1) is 6.61 Å². The third-order valence-corrected chi connectivity index (χ3v) is 3.01. The summed E-state index contributed by atoms with van der Waals surface area (Å²) in [7, 11) is 2.04. The zero-order chi connectivity index (χ0) is 15.6. The molecule has 0 unspecified atom stereocenters. The smallest absolute Gasteiger partial charge is 0.305 e. The lowest BCUT2D eigenvalue weighted by atomic mass is 9.96. The fourth-order valence-electron chi connectivity index (χ4n) is 1.45. The Hall–Kier alpha value is -1.10. The molecule has 1 amide bonds. The maximum absolute atomic E-state index is 11.6. The van der Waals surface area contributed by atoms with E-state index in [-0.39, 0.29) is 17.3 Å². The third-order valence-electron chi connectivity index (χ3n) is 3.01. The van der Waals surface area contributed by atoms with Gasteiger partial charge >= 0.3 is 5.97 Å². The number of ether oxygens (including phenoxy) is 1. The van der Waals surface area contributed by atoms with Gasteiger partial charge in [-0.15, -0.1) is 0 Å². The number of carbonyl (C=O) groups excluding carboxylic acids is 2. The summed E-state index contributed by atoms with van der Waals surface area (Å²) >= 11 is 0. The van der Waals surface area contributed by atoms with Crippen molar-refractivity contribution < 1.29 is 14.3 Å². The van der Waals surface area contributed by atoms with Gasteiger partial charge in [-0.25, -0.2) is 0 Å². The van der Waals surface area contributed by atoms with Crippen LogP contribution in [0.5, 0.6) is 0 Å². The van der Waals surface area contributed by atoms with Gasteiger partial charge < -0.3 is 15.0 Å². The Morgan fingerprint density at radius 2 is 1.85 bits per heavy atom. The summed E-state index contributed by atoms with van der Waals surface area (Å²) in [4.78, 5) is 25.2. The van der Waals surface area contributed by atoms with Gasteiger partial charge in [-0.2, -0.15) is 0 Å². The predicted octanol–water partition coefficient (Wildman–Crippen LogP) is 1.81. The molecule has 0 aliphatic heterocycles. The molecule has 5 nitrogen and oxygen atoms in total. The highest BCUT2D eigenvalue weighted by atomic mass is 16.5. The number of carbonyl (C=O) groups is 2. The van der Waals surface area contributed by atoms with Crippen LogP contribution in [0, 0.1) is 5.41 Å². The van der Waals surface area contributed by atoms with Crippen LogP contribution in [0.4, 0.5) is 0 Å². The number of amides is 1. The standard InChI is InChI=1S/C15H30N2O3/c1-6-17(5)11-8-12-20-13(18)9-7-10-16-14(19)15(2,3)4/h6-12H2,1-5H3,(H,16,19).